The van der Waals surface area contributed by atoms with Gasteiger partial charge in [-0.25, -0.2) is 4.79 Å². The van der Waals surface area contributed by atoms with E-state index in [4.69, 9.17) is 9.47 Å². The van der Waals surface area contributed by atoms with Gasteiger partial charge < -0.3 is 30.3 Å². The van der Waals surface area contributed by atoms with Gasteiger partial charge in [-0.3, -0.25) is 0 Å². The summed E-state index contributed by atoms with van der Waals surface area (Å²) in [4.78, 5) is 14.5. The highest BCUT2D eigenvalue weighted by molar-refractivity contribution is 5.99. The molecule has 2 heterocycles. The van der Waals surface area contributed by atoms with E-state index in [0.717, 1.165) is 24.5 Å². The standard InChI is InChI=1S/C22H24N6O3/c1-30-20-4-2-3-18(13-20)26-22(29)25-17-7-5-16(6-8-17)24-21-14-19(15-23-27-21)28-9-11-31-12-10-28/h2-8,13-15H,9-12H2,1H3,(H,24,27)(H2,25,26,29). The van der Waals surface area contributed by atoms with Crippen LogP contribution >= 0.6 is 0 Å². The minimum atomic E-state index is -0.335. The summed E-state index contributed by atoms with van der Waals surface area (Å²) in [5, 5.41) is 17.1. The summed E-state index contributed by atoms with van der Waals surface area (Å²) in [6.45, 7) is 3.10. The second kappa shape index (κ2) is 9.77. The largest absolute Gasteiger partial charge is 0.497 e. The van der Waals surface area contributed by atoms with Crippen molar-refractivity contribution in [3.8, 4) is 5.75 Å². The van der Waals surface area contributed by atoms with E-state index >= 15 is 0 Å². The van der Waals surface area contributed by atoms with Gasteiger partial charge in [0.05, 0.1) is 32.2 Å². The number of ether oxygens (including phenoxy) is 2. The van der Waals surface area contributed by atoms with Gasteiger partial charge in [-0.15, -0.1) is 5.10 Å². The molecular formula is C22H24N6O3. The molecule has 3 N–H and O–H groups in total. The number of carbonyl (C=O) groups excluding carboxylic acids is 1. The number of nitrogens with zero attached hydrogens (tertiary/aromatic N) is 3. The molecule has 2 amide bonds. The van der Waals surface area contributed by atoms with Crippen LogP contribution in [-0.4, -0.2) is 49.6 Å². The maximum absolute atomic E-state index is 12.2. The van der Waals surface area contributed by atoms with Gasteiger partial charge in [0.1, 0.15) is 5.75 Å². The molecule has 0 spiro atoms. The molecule has 4 rings (SSSR count). The molecule has 1 fully saturated rings. The molecule has 31 heavy (non-hydrogen) atoms. The molecule has 2 aromatic carbocycles. The van der Waals surface area contributed by atoms with Crippen molar-refractivity contribution in [2.75, 3.05) is 54.3 Å². The molecule has 0 atom stereocenters. The second-order valence-electron chi connectivity index (χ2n) is 6.91. The van der Waals surface area contributed by atoms with Gasteiger partial charge in [-0.2, -0.15) is 5.10 Å². The lowest BCUT2D eigenvalue weighted by molar-refractivity contribution is 0.122. The number of carbonyl (C=O) groups is 1. The summed E-state index contributed by atoms with van der Waals surface area (Å²) >= 11 is 0. The first-order valence-corrected chi connectivity index (χ1v) is 9.94. The van der Waals surface area contributed by atoms with Crippen LogP contribution in [0.4, 0.5) is 33.4 Å². The Balaban J connectivity index is 1.34. The smallest absolute Gasteiger partial charge is 0.323 e. The average molecular weight is 420 g/mol. The molecule has 1 aromatic heterocycles. The van der Waals surface area contributed by atoms with Crippen molar-refractivity contribution in [2.45, 2.75) is 0 Å². The zero-order valence-corrected chi connectivity index (χ0v) is 17.2. The van der Waals surface area contributed by atoms with Crippen LogP contribution in [0.5, 0.6) is 5.75 Å². The van der Waals surface area contributed by atoms with Crippen molar-refractivity contribution >= 4 is 34.6 Å². The molecule has 1 aliphatic heterocycles. The van der Waals surface area contributed by atoms with Crippen LogP contribution in [0.2, 0.25) is 0 Å². The predicted octanol–water partition coefficient (Wildman–Crippen LogP) is 3.71. The highest BCUT2D eigenvalue weighted by Gasteiger charge is 2.12. The Kier molecular flexibility index (Phi) is 6.44. The van der Waals surface area contributed by atoms with Gasteiger partial charge in [0.15, 0.2) is 5.82 Å². The van der Waals surface area contributed by atoms with Crippen molar-refractivity contribution in [3.05, 3.63) is 60.8 Å². The number of hydrogen-bond donors (Lipinski definition) is 3. The number of aromatic nitrogens is 2. The quantitative estimate of drug-likeness (QED) is 0.559. The lowest BCUT2D eigenvalue weighted by Gasteiger charge is -2.28. The molecule has 0 aliphatic carbocycles. The van der Waals surface area contributed by atoms with E-state index in [1.807, 2.05) is 42.5 Å². The lowest BCUT2D eigenvalue weighted by atomic mass is 10.2. The third kappa shape index (κ3) is 5.61. The van der Waals surface area contributed by atoms with E-state index in [9.17, 15) is 4.79 Å². The van der Waals surface area contributed by atoms with E-state index in [0.29, 0.717) is 36.2 Å². The van der Waals surface area contributed by atoms with Gasteiger partial charge in [0.25, 0.3) is 0 Å². The number of amides is 2. The summed E-state index contributed by atoms with van der Waals surface area (Å²) < 4.78 is 10.6. The molecule has 0 unspecified atom stereocenters. The Bertz CT molecular complexity index is 1020. The lowest BCUT2D eigenvalue weighted by Crippen LogP contribution is -2.36. The number of hydrogen-bond acceptors (Lipinski definition) is 7. The Labute approximate surface area is 180 Å². The number of rotatable bonds is 6. The molecular weight excluding hydrogens is 396 g/mol. The Hall–Kier alpha value is -3.85. The molecule has 0 radical (unpaired) electrons. The normalized spacial score (nSPS) is 13.4. The number of methoxy groups -OCH3 is 1. The van der Waals surface area contributed by atoms with Crippen molar-refractivity contribution in [1.82, 2.24) is 10.2 Å². The molecule has 0 saturated carbocycles. The molecule has 1 saturated heterocycles. The van der Waals surface area contributed by atoms with Crippen LogP contribution in [0, 0.1) is 0 Å². The first-order valence-electron chi connectivity index (χ1n) is 9.94. The first-order chi connectivity index (χ1) is 15.2. The Morgan fingerprint density at radius 2 is 1.74 bits per heavy atom. The van der Waals surface area contributed by atoms with Gasteiger partial charge in [0, 0.05) is 42.3 Å². The second-order valence-corrected chi connectivity index (χ2v) is 6.91. The van der Waals surface area contributed by atoms with E-state index in [1.54, 1.807) is 25.4 Å². The zero-order chi connectivity index (χ0) is 21.5. The summed E-state index contributed by atoms with van der Waals surface area (Å²) in [7, 11) is 1.58. The van der Waals surface area contributed by atoms with E-state index in [-0.39, 0.29) is 6.03 Å². The Morgan fingerprint density at radius 3 is 2.52 bits per heavy atom. The topological polar surface area (TPSA) is 101 Å². The van der Waals surface area contributed by atoms with Crippen LogP contribution in [0.3, 0.4) is 0 Å². The number of nitrogens with one attached hydrogen (secondary N) is 3. The molecule has 0 bridgehead atoms. The Morgan fingerprint density at radius 1 is 1.00 bits per heavy atom. The van der Waals surface area contributed by atoms with E-state index < -0.39 is 0 Å². The summed E-state index contributed by atoms with van der Waals surface area (Å²) in [6, 6.07) is 16.2. The molecule has 160 valence electrons. The number of urea groups is 1. The van der Waals surface area contributed by atoms with Crippen LogP contribution in [0.15, 0.2) is 60.8 Å². The van der Waals surface area contributed by atoms with Gasteiger partial charge in [-0.05, 0) is 36.4 Å². The summed E-state index contributed by atoms with van der Waals surface area (Å²) in [5.74, 6) is 1.33. The SMILES string of the molecule is COc1cccc(NC(=O)Nc2ccc(Nc3cc(N4CCOCC4)cnn3)cc2)c1. The number of morpholine rings is 1. The van der Waals surface area contributed by atoms with Gasteiger partial charge >= 0.3 is 6.03 Å². The van der Waals surface area contributed by atoms with E-state index in [2.05, 4.69) is 31.0 Å². The van der Waals surface area contributed by atoms with Crippen molar-refractivity contribution < 1.29 is 14.3 Å². The minimum absolute atomic E-state index is 0.335. The van der Waals surface area contributed by atoms with E-state index in [1.165, 1.54) is 0 Å². The van der Waals surface area contributed by atoms with Crippen LogP contribution in [-0.2, 0) is 4.74 Å². The highest BCUT2D eigenvalue weighted by atomic mass is 16.5. The third-order valence-electron chi connectivity index (χ3n) is 4.76. The maximum atomic E-state index is 12.2. The number of anilines is 5. The van der Waals surface area contributed by atoms with Crippen LogP contribution in [0.25, 0.3) is 0 Å². The van der Waals surface area contributed by atoms with Crippen molar-refractivity contribution in [2.24, 2.45) is 0 Å². The fourth-order valence-electron chi connectivity index (χ4n) is 3.19. The minimum Gasteiger partial charge on any atom is -0.497 e. The van der Waals surface area contributed by atoms with Crippen molar-refractivity contribution in [3.63, 3.8) is 0 Å². The average Bonchev–Trinajstić information content (AvgIpc) is 2.81. The zero-order valence-electron chi connectivity index (χ0n) is 17.2. The van der Waals surface area contributed by atoms with Crippen LogP contribution in [0.1, 0.15) is 0 Å². The molecule has 1 aliphatic rings. The molecule has 9 heteroatoms. The van der Waals surface area contributed by atoms with Gasteiger partial charge in [-0.1, -0.05) is 6.07 Å². The third-order valence-corrected chi connectivity index (χ3v) is 4.76. The fraction of sp³-hybridized carbons (Fsp3) is 0.227. The number of benzene rings is 2. The van der Waals surface area contributed by atoms with Crippen molar-refractivity contribution in [1.29, 1.82) is 0 Å². The molecule has 3 aromatic rings. The predicted molar refractivity (Wildman–Crippen MR) is 120 cm³/mol. The molecule has 9 nitrogen and oxygen atoms in total. The first kappa shape index (κ1) is 20.4. The maximum Gasteiger partial charge on any atom is 0.323 e. The summed E-state index contributed by atoms with van der Waals surface area (Å²) in [5.41, 5.74) is 3.16. The fourth-order valence-corrected chi connectivity index (χ4v) is 3.19. The summed E-state index contributed by atoms with van der Waals surface area (Å²) in [6.07, 6.45) is 1.75. The highest BCUT2D eigenvalue weighted by Crippen LogP contribution is 2.22. The monoisotopic (exact) mass is 420 g/mol. The van der Waals surface area contributed by atoms with Crippen LogP contribution < -0.4 is 25.6 Å². The van der Waals surface area contributed by atoms with Gasteiger partial charge in [0.2, 0.25) is 0 Å².